The fourth-order valence-electron chi connectivity index (χ4n) is 2.36. The molecule has 0 aliphatic carbocycles. The number of carbonyl (C=O) groups is 1. The van der Waals surface area contributed by atoms with Gasteiger partial charge in [-0.2, -0.15) is 5.06 Å². The number of allylic oxidation sites excluding steroid dienone is 1. The van der Waals surface area contributed by atoms with E-state index >= 15 is 0 Å². The van der Waals surface area contributed by atoms with Crippen LogP contribution in [-0.4, -0.2) is 41.2 Å². The highest BCUT2D eigenvalue weighted by Gasteiger charge is 2.28. The standard InChI is InChI=1S/C16H20N4O3.C3H4/c1-10(2)14-12(8-13(21)20(22)15(14)17-3)19-9-11-6-5-7-18-16(11)23-4;1-3-2/h5-8,19,22H,9H2,1-4H3;1H,2H3. The maximum absolute atomic E-state index is 11.9. The molecule has 0 unspecified atom stereocenters. The van der Waals surface area contributed by atoms with E-state index in [-0.39, 0.29) is 5.84 Å². The molecule has 0 saturated carbocycles. The molecule has 2 N–H and O–H groups in total. The number of terminal acetylenes is 1. The van der Waals surface area contributed by atoms with Gasteiger partial charge in [-0.15, -0.1) is 12.3 Å². The molecule has 0 fully saturated rings. The van der Waals surface area contributed by atoms with E-state index in [1.165, 1.54) is 13.1 Å². The molecule has 1 aliphatic rings. The Morgan fingerprint density at radius 2 is 2.15 bits per heavy atom. The molecule has 7 nitrogen and oxygen atoms in total. The van der Waals surface area contributed by atoms with E-state index in [4.69, 9.17) is 4.74 Å². The molecule has 1 aromatic rings. The number of amidine groups is 1. The minimum absolute atomic E-state index is 0.221. The highest BCUT2D eigenvalue weighted by atomic mass is 16.5. The lowest BCUT2D eigenvalue weighted by Gasteiger charge is -2.26. The van der Waals surface area contributed by atoms with Crippen LogP contribution in [0, 0.1) is 12.3 Å². The number of aliphatic imine (C=N–C) groups is 1. The van der Waals surface area contributed by atoms with E-state index in [9.17, 15) is 10.0 Å². The molecule has 0 atom stereocenters. The molecule has 0 bridgehead atoms. The lowest BCUT2D eigenvalue weighted by Crippen LogP contribution is -2.40. The summed E-state index contributed by atoms with van der Waals surface area (Å²) in [6.07, 6.45) is 7.60. The molecular formula is C19H24N4O3. The Hall–Kier alpha value is -3.11. The predicted octanol–water partition coefficient (Wildman–Crippen LogP) is 2.30. The zero-order chi connectivity index (χ0) is 19.7. The Kier molecular flexibility index (Phi) is 8.06. The van der Waals surface area contributed by atoms with Gasteiger partial charge in [0.2, 0.25) is 5.88 Å². The second kappa shape index (κ2) is 10.0. The first-order valence-corrected chi connectivity index (χ1v) is 7.89. The summed E-state index contributed by atoms with van der Waals surface area (Å²) in [7, 11) is 3.09. The number of methoxy groups -OCH3 is 1. The highest BCUT2D eigenvalue weighted by Crippen LogP contribution is 2.23. The second-order valence-corrected chi connectivity index (χ2v) is 5.44. The summed E-state index contributed by atoms with van der Waals surface area (Å²) in [6, 6.07) is 3.70. The van der Waals surface area contributed by atoms with Gasteiger partial charge in [0.05, 0.1) is 12.8 Å². The summed E-state index contributed by atoms with van der Waals surface area (Å²) in [5.41, 5.74) is 3.08. The Bertz CT molecular complexity index is 784. The smallest absolute Gasteiger partial charge is 0.278 e. The molecule has 0 aromatic carbocycles. The van der Waals surface area contributed by atoms with Crippen LogP contribution in [0.4, 0.5) is 0 Å². The van der Waals surface area contributed by atoms with Crippen molar-refractivity contribution in [3.8, 4) is 18.2 Å². The zero-order valence-electron chi connectivity index (χ0n) is 15.7. The maximum atomic E-state index is 11.9. The first-order valence-electron chi connectivity index (χ1n) is 7.89. The number of hydrogen-bond donors (Lipinski definition) is 2. The van der Waals surface area contributed by atoms with Gasteiger partial charge < -0.3 is 10.1 Å². The van der Waals surface area contributed by atoms with E-state index in [0.717, 1.165) is 11.1 Å². The summed E-state index contributed by atoms with van der Waals surface area (Å²) in [5, 5.41) is 13.6. The van der Waals surface area contributed by atoms with Crippen molar-refractivity contribution in [3.05, 3.63) is 46.8 Å². The van der Waals surface area contributed by atoms with Crippen LogP contribution in [0.5, 0.6) is 5.88 Å². The third-order valence-electron chi connectivity index (χ3n) is 3.39. The van der Waals surface area contributed by atoms with Crippen LogP contribution < -0.4 is 10.1 Å². The van der Waals surface area contributed by atoms with Crippen molar-refractivity contribution in [2.75, 3.05) is 14.2 Å². The minimum atomic E-state index is -0.545. The quantitative estimate of drug-likeness (QED) is 0.638. The molecule has 1 amide bonds. The van der Waals surface area contributed by atoms with E-state index in [0.29, 0.717) is 28.8 Å². The largest absolute Gasteiger partial charge is 0.481 e. The van der Waals surface area contributed by atoms with Gasteiger partial charge in [0.1, 0.15) is 0 Å². The van der Waals surface area contributed by atoms with Gasteiger partial charge in [-0.05, 0) is 26.8 Å². The topological polar surface area (TPSA) is 87.1 Å². The lowest BCUT2D eigenvalue weighted by atomic mass is 10.0. The van der Waals surface area contributed by atoms with Crippen LogP contribution in [0.25, 0.3) is 0 Å². The van der Waals surface area contributed by atoms with Crippen molar-refractivity contribution in [2.45, 2.75) is 27.3 Å². The normalized spacial score (nSPS) is 14.9. The van der Waals surface area contributed by atoms with Crippen molar-refractivity contribution in [2.24, 2.45) is 4.99 Å². The second-order valence-electron chi connectivity index (χ2n) is 5.44. The number of hydrogen-bond acceptors (Lipinski definition) is 6. The number of amides is 1. The van der Waals surface area contributed by atoms with Crippen molar-refractivity contribution < 1.29 is 14.7 Å². The Morgan fingerprint density at radius 3 is 2.69 bits per heavy atom. The number of hydroxylamine groups is 2. The van der Waals surface area contributed by atoms with Crippen molar-refractivity contribution in [3.63, 3.8) is 0 Å². The van der Waals surface area contributed by atoms with Gasteiger partial charge >= 0.3 is 0 Å². The molecule has 26 heavy (non-hydrogen) atoms. The first-order chi connectivity index (χ1) is 12.4. The molecule has 138 valence electrons. The van der Waals surface area contributed by atoms with E-state index < -0.39 is 5.91 Å². The number of nitrogens with one attached hydrogen (secondary N) is 1. The molecule has 1 aromatic heterocycles. The predicted molar refractivity (Wildman–Crippen MR) is 101 cm³/mol. The summed E-state index contributed by atoms with van der Waals surface area (Å²) in [4.78, 5) is 20.1. The van der Waals surface area contributed by atoms with Crippen LogP contribution in [0.15, 0.2) is 46.2 Å². The van der Waals surface area contributed by atoms with Crippen molar-refractivity contribution >= 4 is 11.7 Å². The van der Waals surface area contributed by atoms with Crippen molar-refractivity contribution in [1.82, 2.24) is 15.4 Å². The summed E-state index contributed by atoms with van der Waals surface area (Å²) < 4.78 is 5.22. The van der Waals surface area contributed by atoms with Crippen LogP contribution in [0.1, 0.15) is 26.3 Å². The van der Waals surface area contributed by atoms with Gasteiger partial charge in [0.25, 0.3) is 5.91 Å². The number of nitrogens with zero attached hydrogens (tertiary/aromatic N) is 3. The average molecular weight is 356 g/mol. The number of rotatable bonds is 4. The van der Waals surface area contributed by atoms with Crippen LogP contribution in [0.3, 0.4) is 0 Å². The highest BCUT2D eigenvalue weighted by molar-refractivity contribution is 6.15. The van der Waals surface area contributed by atoms with Crippen LogP contribution >= 0.6 is 0 Å². The fraction of sp³-hybridized carbons (Fsp3) is 0.316. The van der Waals surface area contributed by atoms with Gasteiger partial charge in [-0.3, -0.25) is 15.0 Å². The Labute approximate surface area is 154 Å². The molecule has 0 saturated heterocycles. The van der Waals surface area contributed by atoms with E-state index in [1.54, 1.807) is 20.2 Å². The molecule has 2 rings (SSSR count). The molecular weight excluding hydrogens is 332 g/mol. The van der Waals surface area contributed by atoms with Gasteiger partial charge in [-0.1, -0.05) is 11.6 Å². The number of pyridine rings is 1. The van der Waals surface area contributed by atoms with Crippen LogP contribution in [0.2, 0.25) is 0 Å². The van der Waals surface area contributed by atoms with Crippen LogP contribution in [-0.2, 0) is 11.3 Å². The van der Waals surface area contributed by atoms with Gasteiger partial charge in [0, 0.05) is 37.0 Å². The number of carbonyl (C=O) groups excluding carboxylic acids is 1. The third kappa shape index (κ3) is 4.94. The summed E-state index contributed by atoms with van der Waals surface area (Å²) in [5.74, 6) is 2.45. The maximum Gasteiger partial charge on any atom is 0.278 e. The fourth-order valence-corrected chi connectivity index (χ4v) is 2.36. The Balaban J connectivity index is 0.00000105. The molecule has 7 heteroatoms. The van der Waals surface area contributed by atoms with E-state index in [2.05, 4.69) is 27.6 Å². The zero-order valence-corrected chi connectivity index (χ0v) is 15.7. The van der Waals surface area contributed by atoms with E-state index in [1.807, 2.05) is 26.0 Å². The van der Waals surface area contributed by atoms with Crippen molar-refractivity contribution in [1.29, 1.82) is 0 Å². The lowest BCUT2D eigenvalue weighted by molar-refractivity contribution is -0.143. The van der Waals surface area contributed by atoms with Gasteiger partial charge in [0.15, 0.2) is 5.84 Å². The average Bonchev–Trinajstić information content (AvgIpc) is 2.62. The summed E-state index contributed by atoms with van der Waals surface area (Å²) >= 11 is 0. The Morgan fingerprint density at radius 1 is 1.50 bits per heavy atom. The van der Waals surface area contributed by atoms with Gasteiger partial charge in [-0.25, -0.2) is 4.98 Å². The third-order valence-corrected chi connectivity index (χ3v) is 3.39. The molecule has 0 radical (unpaired) electrons. The minimum Gasteiger partial charge on any atom is -0.481 e. The number of aromatic nitrogens is 1. The molecule has 1 aliphatic heterocycles. The summed E-state index contributed by atoms with van der Waals surface area (Å²) in [6.45, 7) is 5.87. The SMILES string of the molecule is C#CC.CN=C1C(=C(C)C)C(NCc2cccnc2OC)=CC(=O)N1O. The molecule has 0 spiro atoms. The number of ether oxygens (including phenoxy) is 1. The first kappa shape index (κ1) is 20.9. The monoisotopic (exact) mass is 356 g/mol. The molecule has 2 heterocycles.